The average Bonchev–Trinajstić information content (AvgIpc) is 2.83. The second kappa shape index (κ2) is 6.85. The lowest BCUT2D eigenvalue weighted by Gasteiger charge is -2.10. The smallest absolute Gasteiger partial charge is 0.325 e. The van der Waals surface area contributed by atoms with Gasteiger partial charge in [-0.1, -0.05) is 18.2 Å². The second-order valence-electron chi connectivity index (χ2n) is 4.41. The first-order valence-corrected chi connectivity index (χ1v) is 7.16. The molecule has 0 aliphatic rings. The van der Waals surface area contributed by atoms with Crippen molar-refractivity contribution in [1.29, 1.82) is 0 Å². The molecule has 0 fully saturated rings. The van der Waals surface area contributed by atoms with Crippen LogP contribution in [0.15, 0.2) is 30.5 Å². The lowest BCUT2D eigenvalue weighted by atomic mass is 10.1. The Morgan fingerprint density at radius 2 is 2.05 bits per heavy atom. The van der Waals surface area contributed by atoms with Crippen molar-refractivity contribution < 1.29 is 14.7 Å². The van der Waals surface area contributed by atoms with Crippen molar-refractivity contribution in [2.45, 2.75) is 19.8 Å². The number of nitrogens with one attached hydrogen (secondary N) is 2. The maximum absolute atomic E-state index is 11.9. The van der Waals surface area contributed by atoms with Crippen molar-refractivity contribution in [2.24, 2.45) is 0 Å². The number of hydrogen-bond acceptors (Lipinski definition) is 4. The van der Waals surface area contributed by atoms with E-state index in [2.05, 4.69) is 15.6 Å². The molecule has 0 aliphatic heterocycles. The van der Waals surface area contributed by atoms with E-state index in [0.29, 0.717) is 17.2 Å². The fourth-order valence-corrected chi connectivity index (χ4v) is 2.42. The SMILES string of the molecule is Cc1cnc(NC(=O)Nc2ccccc2CCC(=O)O)s1. The van der Waals surface area contributed by atoms with E-state index in [4.69, 9.17) is 5.11 Å². The summed E-state index contributed by atoms with van der Waals surface area (Å²) in [5, 5.41) is 14.6. The van der Waals surface area contributed by atoms with Crippen LogP contribution in [0.3, 0.4) is 0 Å². The number of carboxylic acid groups (broad SMARTS) is 1. The molecule has 0 atom stereocenters. The normalized spacial score (nSPS) is 10.1. The number of urea groups is 1. The van der Waals surface area contributed by atoms with E-state index in [1.807, 2.05) is 13.0 Å². The van der Waals surface area contributed by atoms with Crippen LogP contribution in [0.2, 0.25) is 0 Å². The molecule has 2 aromatic rings. The van der Waals surface area contributed by atoms with Crippen molar-refractivity contribution in [3.8, 4) is 0 Å². The number of aliphatic carboxylic acids is 1. The maximum Gasteiger partial charge on any atom is 0.325 e. The quantitative estimate of drug-likeness (QED) is 0.791. The van der Waals surface area contributed by atoms with E-state index in [9.17, 15) is 9.59 Å². The van der Waals surface area contributed by atoms with E-state index < -0.39 is 12.0 Å². The largest absolute Gasteiger partial charge is 0.481 e. The zero-order chi connectivity index (χ0) is 15.2. The van der Waals surface area contributed by atoms with Gasteiger partial charge in [-0.3, -0.25) is 10.1 Å². The van der Waals surface area contributed by atoms with Crippen molar-refractivity contribution in [3.05, 3.63) is 40.9 Å². The summed E-state index contributed by atoms with van der Waals surface area (Å²) in [4.78, 5) is 27.6. The highest BCUT2D eigenvalue weighted by molar-refractivity contribution is 7.15. The Labute approximate surface area is 125 Å². The molecule has 0 aliphatic carbocycles. The van der Waals surface area contributed by atoms with Gasteiger partial charge in [0.2, 0.25) is 0 Å². The predicted octanol–water partition coefficient (Wildman–Crippen LogP) is 3.11. The zero-order valence-electron chi connectivity index (χ0n) is 11.4. The molecule has 6 nitrogen and oxygen atoms in total. The summed E-state index contributed by atoms with van der Waals surface area (Å²) in [6.07, 6.45) is 2.06. The highest BCUT2D eigenvalue weighted by Gasteiger charge is 2.09. The van der Waals surface area contributed by atoms with Gasteiger partial charge < -0.3 is 10.4 Å². The number of rotatable bonds is 5. The highest BCUT2D eigenvalue weighted by atomic mass is 32.1. The Hall–Kier alpha value is -2.41. The van der Waals surface area contributed by atoms with Crippen LogP contribution < -0.4 is 10.6 Å². The Morgan fingerprint density at radius 3 is 2.71 bits per heavy atom. The third-order valence-electron chi connectivity index (χ3n) is 2.72. The first kappa shape index (κ1) is 15.0. The number of hydrogen-bond donors (Lipinski definition) is 3. The highest BCUT2D eigenvalue weighted by Crippen LogP contribution is 2.19. The van der Waals surface area contributed by atoms with Gasteiger partial charge in [0.15, 0.2) is 5.13 Å². The topological polar surface area (TPSA) is 91.3 Å². The van der Waals surface area contributed by atoms with Gasteiger partial charge in [-0.25, -0.2) is 9.78 Å². The average molecular weight is 305 g/mol. The number of para-hydroxylation sites is 1. The number of carboxylic acids is 1. The number of aromatic nitrogens is 1. The van der Waals surface area contributed by atoms with Gasteiger partial charge in [0.1, 0.15) is 0 Å². The van der Waals surface area contributed by atoms with Crippen LogP contribution in [0.25, 0.3) is 0 Å². The summed E-state index contributed by atoms with van der Waals surface area (Å²) in [6.45, 7) is 1.90. The summed E-state index contributed by atoms with van der Waals surface area (Å²) >= 11 is 1.38. The number of carbonyl (C=O) groups excluding carboxylic acids is 1. The summed E-state index contributed by atoms with van der Waals surface area (Å²) in [5.41, 5.74) is 1.38. The Balaban J connectivity index is 2.01. The van der Waals surface area contributed by atoms with Gasteiger partial charge in [-0.15, -0.1) is 11.3 Å². The molecule has 0 saturated carbocycles. The molecule has 3 N–H and O–H groups in total. The number of amides is 2. The van der Waals surface area contributed by atoms with Crippen LogP contribution in [0.4, 0.5) is 15.6 Å². The summed E-state index contributed by atoms with van der Waals surface area (Å²) in [5.74, 6) is -0.868. The zero-order valence-corrected chi connectivity index (χ0v) is 12.2. The van der Waals surface area contributed by atoms with Gasteiger partial charge in [0, 0.05) is 23.2 Å². The number of anilines is 2. The third kappa shape index (κ3) is 4.57. The standard InChI is InChI=1S/C14H15N3O3S/c1-9-8-15-14(21-9)17-13(20)16-11-5-3-2-4-10(11)6-7-12(18)19/h2-5,8H,6-7H2,1H3,(H,18,19)(H2,15,16,17,20). The van der Waals surface area contributed by atoms with Crippen molar-refractivity contribution in [1.82, 2.24) is 4.98 Å². The molecule has 1 aromatic heterocycles. The first-order chi connectivity index (χ1) is 10.0. The van der Waals surface area contributed by atoms with Crippen LogP contribution in [0, 0.1) is 6.92 Å². The molecule has 7 heteroatoms. The fourth-order valence-electron chi connectivity index (χ4n) is 1.77. The van der Waals surface area contributed by atoms with E-state index in [1.54, 1.807) is 24.4 Å². The summed E-state index contributed by atoms with van der Waals surface area (Å²) in [6, 6.07) is 6.74. The predicted molar refractivity (Wildman–Crippen MR) is 81.9 cm³/mol. The molecule has 1 heterocycles. The lowest BCUT2D eigenvalue weighted by molar-refractivity contribution is -0.136. The van der Waals surface area contributed by atoms with Crippen molar-refractivity contribution >= 4 is 34.2 Å². The number of aryl methyl sites for hydroxylation is 2. The van der Waals surface area contributed by atoms with E-state index in [-0.39, 0.29) is 6.42 Å². The molecular weight excluding hydrogens is 290 g/mol. The first-order valence-electron chi connectivity index (χ1n) is 6.35. The fraction of sp³-hybridized carbons (Fsp3) is 0.214. The Bertz CT molecular complexity index is 654. The molecule has 0 spiro atoms. The lowest BCUT2D eigenvalue weighted by Crippen LogP contribution is -2.20. The molecule has 0 unspecified atom stereocenters. The molecular formula is C14H15N3O3S. The van der Waals surface area contributed by atoms with Crippen LogP contribution in [0.5, 0.6) is 0 Å². The molecule has 2 amide bonds. The number of nitrogens with zero attached hydrogens (tertiary/aromatic N) is 1. The number of carbonyl (C=O) groups is 2. The van der Waals surface area contributed by atoms with E-state index >= 15 is 0 Å². The molecule has 21 heavy (non-hydrogen) atoms. The number of thiazole rings is 1. The van der Waals surface area contributed by atoms with Crippen LogP contribution in [0.1, 0.15) is 16.9 Å². The van der Waals surface area contributed by atoms with E-state index in [0.717, 1.165) is 10.4 Å². The molecule has 0 bridgehead atoms. The van der Waals surface area contributed by atoms with Gasteiger partial charge in [0.05, 0.1) is 0 Å². The van der Waals surface area contributed by atoms with Crippen molar-refractivity contribution in [2.75, 3.05) is 10.6 Å². The minimum atomic E-state index is -0.868. The van der Waals surface area contributed by atoms with Crippen LogP contribution in [-0.2, 0) is 11.2 Å². The molecule has 1 aromatic carbocycles. The van der Waals surface area contributed by atoms with Crippen LogP contribution >= 0.6 is 11.3 Å². The molecule has 2 rings (SSSR count). The molecule has 110 valence electrons. The third-order valence-corrected chi connectivity index (χ3v) is 3.54. The molecule has 0 saturated heterocycles. The summed E-state index contributed by atoms with van der Waals surface area (Å²) in [7, 11) is 0. The monoisotopic (exact) mass is 305 g/mol. The van der Waals surface area contributed by atoms with Crippen LogP contribution in [-0.4, -0.2) is 22.1 Å². The van der Waals surface area contributed by atoms with Gasteiger partial charge >= 0.3 is 12.0 Å². The van der Waals surface area contributed by atoms with Gasteiger partial charge in [-0.05, 0) is 25.0 Å². The Morgan fingerprint density at radius 1 is 1.29 bits per heavy atom. The Kier molecular flexibility index (Phi) is 4.89. The second-order valence-corrected chi connectivity index (χ2v) is 5.64. The van der Waals surface area contributed by atoms with Gasteiger partial charge in [0.25, 0.3) is 0 Å². The number of benzene rings is 1. The van der Waals surface area contributed by atoms with Crippen molar-refractivity contribution in [3.63, 3.8) is 0 Å². The maximum atomic E-state index is 11.9. The molecule has 0 radical (unpaired) electrons. The van der Waals surface area contributed by atoms with Gasteiger partial charge in [-0.2, -0.15) is 0 Å². The minimum absolute atomic E-state index is 0.0198. The minimum Gasteiger partial charge on any atom is -0.481 e. The summed E-state index contributed by atoms with van der Waals surface area (Å²) < 4.78 is 0. The van der Waals surface area contributed by atoms with E-state index in [1.165, 1.54) is 11.3 Å².